The summed E-state index contributed by atoms with van der Waals surface area (Å²) < 4.78 is 10.8. The third-order valence-corrected chi connectivity index (χ3v) is 5.28. The molecule has 1 atom stereocenters. The minimum atomic E-state index is -0.922. The van der Waals surface area contributed by atoms with Crippen LogP contribution in [-0.4, -0.2) is 23.3 Å². The number of rotatable bonds is 4. The van der Waals surface area contributed by atoms with Crippen molar-refractivity contribution in [3.05, 3.63) is 61.7 Å². The van der Waals surface area contributed by atoms with Gasteiger partial charge in [-0.25, -0.2) is 4.79 Å². The largest absolute Gasteiger partial charge is 0.462 e. The maximum absolute atomic E-state index is 13.0. The summed E-state index contributed by atoms with van der Waals surface area (Å²) in [5.41, 5.74) is 6.14. The molecule has 0 saturated heterocycles. The summed E-state index contributed by atoms with van der Waals surface area (Å²) in [6, 6.07) is 3.89. The van der Waals surface area contributed by atoms with E-state index in [1.165, 1.54) is 18.2 Å². The highest BCUT2D eigenvalue weighted by Gasteiger charge is 2.45. The van der Waals surface area contributed by atoms with Gasteiger partial charge in [0, 0.05) is 30.5 Å². The standard InChI is InChI=1S/C20H21ClN2O6/c1-4-28-19(25)17-15(11-6-5-10(23(26)27)7-12(11)21)16-13(24)8-20(2,3)9-14(16)29-18(17)22/h5-7,15H,4,8-9,22H2,1-3H3/t15-/m0/s1. The van der Waals surface area contributed by atoms with E-state index in [0.29, 0.717) is 17.7 Å². The maximum Gasteiger partial charge on any atom is 0.340 e. The Morgan fingerprint density at radius 1 is 1.41 bits per heavy atom. The first-order chi connectivity index (χ1) is 13.6. The van der Waals surface area contributed by atoms with Crippen LogP contribution in [0.25, 0.3) is 0 Å². The van der Waals surface area contributed by atoms with Crippen LogP contribution in [0.5, 0.6) is 0 Å². The van der Waals surface area contributed by atoms with E-state index in [1.54, 1.807) is 6.92 Å². The zero-order valence-electron chi connectivity index (χ0n) is 16.3. The minimum absolute atomic E-state index is 0.0330. The van der Waals surface area contributed by atoms with Crippen molar-refractivity contribution in [2.75, 3.05) is 6.61 Å². The van der Waals surface area contributed by atoms with E-state index in [1.807, 2.05) is 13.8 Å². The molecule has 154 valence electrons. The maximum atomic E-state index is 13.0. The van der Waals surface area contributed by atoms with Gasteiger partial charge in [0.2, 0.25) is 5.88 Å². The van der Waals surface area contributed by atoms with Crippen molar-refractivity contribution < 1.29 is 24.0 Å². The molecule has 0 bridgehead atoms. The average molecular weight is 421 g/mol. The van der Waals surface area contributed by atoms with Crippen molar-refractivity contribution in [2.24, 2.45) is 11.1 Å². The summed E-state index contributed by atoms with van der Waals surface area (Å²) in [5.74, 6) is -1.61. The summed E-state index contributed by atoms with van der Waals surface area (Å²) in [7, 11) is 0. The van der Waals surface area contributed by atoms with E-state index < -0.39 is 16.8 Å². The molecule has 9 heteroatoms. The number of halogens is 1. The van der Waals surface area contributed by atoms with Gasteiger partial charge in [-0.1, -0.05) is 25.4 Å². The lowest BCUT2D eigenvalue weighted by Crippen LogP contribution is -2.35. The average Bonchev–Trinajstić information content (AvgIpc) is 2.59. The second-order valence-corrected chi connectivity index (χ2v) is 8.18. The summed E-state index contributed by atoms with van der Waals surface area (Å²) in [5, 5.41) is 11.1. The number of esters is 1. The van der Waals surface area contributed by atoms with E-state index in [9.17, 15) is 19.7 Å². The Bertz CT molecular complexity index is 979. The highest BCUT2D eigenvalue weighted by molar-refractivity contribution is 6.32. The Morgan fingerprint density at radius 3 is 2.69 bits per heavy atom. The van der Waals surface area contributed by atoms with Gasteiger partial charge in [0.15, 0.2) is 5.78 Å². The molecule has 29 heavy (non-hydrogen) atoms. The second-order valence-electron chi connectivity index (χ2n) is 7.77. The van der Waals surface area contributed by atoms with Crippen molar-refractivity contribution in [3.8, 4) is 0 Å². The lowest BCUT2D eigenvalue weighted by atomic mass is 9.70. The number of nitrogens with two attached hydrogens (primary N) is 1. The number of hydrogen-bond acceptors (Lipinski definition) is 7. The normalized spacial score (nSPS) is 20.8. The number of non-ortho nitro benzene ring substituents is 1. The van der Waals surface area contributed by atoms with E-state index in [-0.39, 0.29) is 52.0 Å². The first kappa shape index (κ1) is 20.9. The number of ketones is 1. The van der Waals surface area contributed by atoms with E-state index in [4.69, 9.17) is 26.8 Å². The minimum Gasteiger partial charge on any atom is -0.462 e. The molecule has 0 amide bonds. The van der Waals surface area contributed by atoms with Gasteiger partial charge in [0.1, 0.15) is 11.3 Å². The van der Waals surface area contributed by atoms with Crippen LogP contribution in [-0.2, 0) is 19.1 Å². The molecule has 0 unspecified atom stereocenters. The quantitative estimate of drug-likeness (QED) is 0.447. The summed E-state index contributed by atoms with van der Waals surface area (Å²) in [6.45, 7) is 5.62. The third kappa shape index (κ3) is 3.85. The fourth-order valence-electron chi connectivity index (χ4n) is 3.77. The van der Waals surface area contributed by atoms with Gasteiger partial charge in [-0.05, 0) is 24.0 Å². The van der Waals surface area contributed by atoms with Crippen LogP contribution in [0.3, 0.4) is 0 Å². The predicted octanol–water partition coefficient (Wildman–Crippen LogP) is 3.74. The van der Waals surface area contributed by atoms with Crippen LogP contribution >= 0.6 is 11.6 Å². The summed E-state index contributed by atoms with van der Waals surface area (Å²) in [4.78, 5) is 36.2. The number of ether oxygens (including phenoxy) is 2. The molecule has 0 saturated carbocycles. The van der Waals surface area contributed by atoms with Gasteiger partial charge in [-0.2, -0.15) is 0 Å². The first-order valence-electron chi connectivity index (χ1n) is 9.10. The number of nitrogens with zero attached hydrogens (tertiary/aromatic N) is 1. The van der Waals surface area contributed by atoms with E-state index in [0.717, 1.165) is 0 Å². The molecular weight excluding hydrogens is 400 g/mol. The van der Waals surface area contributed by atoms with Crippen molar-refractivity contribution >= 4 is 29.0 Å². The van der Waals surface area contributed by atoms with Gasteiger partial charge < -0.3 is 15.2 Å². The molecule has 0 radical (unpaired) electrons. The molecule has 1 aromatic carbocycles. The molecule has 0 aromatic heterocycles. The zero-order chi connectivity index (χ0) is 21.5. The van der Waals surface area contributed by atoms with Crippen molar-refractivity contribution in [3.63, 3.8) is 0 Å². The molecule has 1 heterocycles. The SMILES string of the molecule is CCOC(=O)C1=C(N)OC2=C(C(=O)CC(C)(C)C2)[C@@H]1c1ccc([N+](=O)[O-])cc1Cl. The Kier molecular flexibility index (Phi) is 5.40. The Hall–Kier alpha value is -2.87. The van der Waals surface area contributed by atoms with Gasteiger partial charge in [0.25, 0.3) is 5.69 Å². The number of nitro groups is 1. The Morgan fingerprint density at radius 2 is 2.10 bits per heavy atom. The molecule has 0 fully saturated rings. The molecular formula is C20H21ClN2O6. The van der Waals surface area contributed by atoms with Crippen LogP contribution < -0.4 is 5.73 Å². The number of benzene rings is 1. The zero-order valence-corrected chi connectivity index (χ0v) is 17.0. The number of carbonyl (C=O) groups is 2. The smallest absolute Gasteiger partial charge is 0.340 e. The van der Waals surface area contributed by atoms with Gasteiger partial charge in [-0.3, -0.25) is 14.9 Å². The Balaban J connectivity index is 2.22. The third-order valence-electron chi connectivity index (χ3n) is 4.96. The first-order valence-corrected chi connectivity index (χ1v) is 9.48. The fraction of sp³-hybridized carbons (Fsp3) is 0.400. The van der Waals surface area contributed by atoms with Crippen LogP contribution in [0.15, 0.2) is 41.0 Å². The number of carbonyl (C=O) groups excluding carboxylic acids is 2. The van der Waals surface area contributed by atoms with Crippen LogP contribution in [0.4, 0.5) is 5.69 Å². The molecule has 2 N–H and O–H groups in total. The van der Waals surface area contributed by atoms with Gasteiger partial charge in [0.05, 0.1) is 22.5 Å². The molecule has 0 spiro atoms. The summed E-state index contributed by atoms with van der Waals surface area (Å²) >= 11 is 6.34. The predicted molar refractivity (Wildman–Crippen MR) is 105 cm³/mol. The molecule has 2 aliphatic rings. The number of nitro benzene ring substituents is 1. The lowest BCUT2D eigenvalue weighted by Gasteiger charge is -2.38. The highest BCUT2D eigenvalue weighted by Crippen LogP contribution is 2.49. The second kappa shape index (κ2) is 7.51. The van der Waals surface area contributed by atoms with E-state index in [2.05, 4.69) is 0 Å². The Labute approximate surface area is 172 Å². The fourth-order valence-corrected chi connectivity index (χ4v) is 4.05. The van der Waals surface area contributed by atoms with Crippen LogP contribution in [0, 0.1) is 15.5 Å². The topological polar surface area (TPSA) is 122 Å². The van der Waals surface area contributed by atoms with Gasteiger partial charge >= 0.3 is 5.97 Å². The number of Topliss-reactive ketones (excluding diaryl/α,β-unsaturated/α-hetero) is 1. The van der Waals surface area contributed by atoms with Crippen molar-refractivity contribution in [1.29, 1.82) is 0 Å². The highest BCUT2D eigenvalue weighted by atomic mass is 35.5. The molecule has 3 rings (SSSR count). The van der Waals surface area contributed by atoms with Crippen molar-refractivity contribution in [2.45, 2.75) is 39.5 Å². The van der Waals surface area contributed by atoms with Crippen LogP contribution in [0.1, 0.15) is 45.1 Å². The van der Waals surface area contributed by atoms with Crippen LogP contribution in [0.2, 0.25) is 5.02 Å². The number of allylic oxidation sites excluding steroid dienone is 2. The molecule has 1 aliphatic heterocycles. The molecule has 1 aliphatic carbocycles. The molecule has 8 nitrogen and oxygen atoms in total. The van der Waals surface area contributed by atoms with E-state index >= 15 is 0 Å². The van der Waals surface area contributed by atoms with Crippen molar-refractivity contribution in [1.82, 2.24) is 0 Å². The lowest BCUT2D eigenvalue weighted by molar-refractivity contribution is -0.384. The monoisotopic (exact) mass is 420 g/mol. The van der Waals surface area contributed by atoms with Gasteiger partial charge in [-0.15, -0.1) is 0 Å². The molecule has 1 aromatic rings. The number of hydrogen-bond donors (Lipinski definition) is 1. The summed E-state index contributed by atoms with van der Waals surface area (Å²) in [6.07, 6.45) is 0.707.